The molecule has 0 saturated heterocycles. The van der Waals surface area contributed by atoms with Crippen molar-refractivity contribution in [3.63, 3.8) is 0 Å². The first kappa shape index (κ1) is 10.5. The predicted molar refractivity (Wildman–Crippen MR) is 65.5 cm³/mol. The molecule has 1 aliphatic carbocycles. The zero-order valence-corrected chi connectivity index (χ0v) is 10.00. The molecule has 0 amide bonds. The number of aromatic nitrogens is 1. The van der Waals surface area contributed by atoms with E-state index in [1.807, 2.05) is 18.2 Å². The lowest BCUT2D eigenvalue weighted by molar-refractivity contribution is 0.0994. The summed E-state index contributed by atoms with van der Waals surface area (Å²) in [6, 6.07) is 5.69. The summed E-state index contributed by atoms with van der Waals surface area (Å²) in [5.74, 6) is 1.06. The molecule has 2 aromatic rings. The number of benzene rings is 1. The summed E-state index contributed by atoms with van der Waals surface area (Å²) in [6.45, 7) is 0.523. The molecular weight excluding hydrogens is 234 g/mol. The van der Waals surface area contributed by atoms with Gasteiger partial charge in [0.15, 0.2) is 5.78 Å². The fourth-order valence-electron chi connectivity index (χ4n) is 2.06. The molecule has 0 fully saturated rings. The zero-order chi connectivity index (χ0) is 11.7. The Bertz CT molecular complexity index is 549. The van der Waals surface area contributed by atoms with Gasteiger partial charge in [0.05, 0.1) is 10.4 Å². The van der Waals surface area contributed by atoms with E-state index in [4.69, 9.17) is 4.74 Å². The quantitative estimate of drug-likeness (QED) is 0.834. The lowest BCUT2D eigenvalue weighted by atomic mass is 10.1. The number of rotatable bonds is 3. The summed E-state index contributed by atoms with van der Waals surface area (Å²) in [4.78, 5) is 16.7. The van der Waals surface area contributed by atoms with Crippen LogP contribution in [-0.4, -0.2) is 10.8 Å². The second-order valence-electron chi connectivity index (χ2n) is 3.96. The number of nitrogens with zero attached hydrogens (tertiary/aromatic N) is 1. The lowest BCUT2D eigenvalue weighted by Crippen LogP contribution is -1.97. The molecule has 17 heavy (non-hydrogen) atoms. The first-order valence-electron chi connectivity index (χ1n) is 5.50. The van der Waals surface area contributed by atoms with Crippen LogP contribution < -0.4 is 4.74 Å². The van der Waals surface area contributed by atoms with E-state index >= 15 is 0 Å². The van der Waals surface area contributed by atoms with Crippen LogP contribution in [0.2, 0.25) is 0 Å². The highest BCUT2D eigenvalue weighted by atomic mass is 32.1. The summed E-state index contributed by atoms with van der Waals surface area (Å²) in [6.07, 6.45) is 3.21. The Morgan fingerprint density at radius 2 is 2.29 bits per heavy atom. The third-order valence-corrected chi connectivity index (χ3v) is 3.64. The van der Waals surface area contributed by atoms with Crippen molar-refractivity contribution in [3.05, 3.63) is 45.9 Å². The van der Waals surface area contributed by atoms with E-state index in [9.17, 15) is 4.79 Å². The van der Waals surface area contributed by atoms with Gasteiger partial charge < -0.3 is 4.74 Å². The minimum Gasteiger partial charge on any atom is -0.488 e. The maximum absolute atomic E-state index is 11.6. The Morgan fingerprint density at radius 1 is 1.35 bits per heavy atom. The number of thiazole rings is 1. The van der Waals surface area contributed by atoms with Crippen LogP contribution in [0, 0.1) is 0 Å². The minimum atomic E-state index is 0.225. The van der Waals surface area contributed by atoms with Crippen LogP contribution in [0.25, 0.3) is 0 Å². The number of ketones is 1. The number of hydrogen-bond donors (Lipinski definition) is 0. The molecule has 0 bridgehead atoms. The zero-order valence-electron chi connectivity index (χ0n) is 9.18. The molecule has 0 saturated carbocycles. The van der Waals surface area contributed by atoms with E-state index in [0.717, 1.165) is 28.2 Å². The second kappa shape index (κ2) is 4.30. The summed E-state index contributed by atoms with van der Waals surface area (Å²) >= 11 is 1.57. The van der Waals surface area contributed by atoms with Crippen molar-refractivity contribution in [3.8, 4) is 5.75 Å². The normalized spacial score (nSPS) is 13.8. The van der Waals surface area contributed by atoms with Gasteiger partial charge in [-0.1, -0.05) is 12.1 Å². The molecule has 1 aliphatic rings. The fraction of sp³-hybridized carbons (Fsp3) is 0.231. The highest BCUT2D eigenvalue weighted by Gasteiger charge is 2.22. The number of hydrogen-bond acceptors (Lipinski definition) is 4. The van der Waals surface area contributed by atoms with Crippen LogP contribution in [0.3, 0.4) is 0 Å². The third-order valence-electron chi connectivity index (χ3n) is 2.89. The molecule has 4 heteroatoms. The Hall–Kier alpha value is -1.68. The predicted octanol–water partition coefficient (Wildman–Crippen LogP) is 2.85. The summed E-state index contributed by atoms with van der Waals surface area (Å²) < 4.78 is 5.76. The minimum absolute atomic E-state index is 0.225. The standard InChI is InChI=1S/C13H11NO2S/c15-12-5-4-11-10(12)2-1-3-13(11)16-7-9-6-14-8-17-9/h1-3,6,8H,4-5,7H2. The number of ether oxygens (including phenoxy) is 1. The smallest absolute Gasteiger partial charge is 0.163 e. The molecule has 0 radical (unpaired) electrons. The molecule has 0 N–H and O–H groups in total. The van der Waals surface area contributed by atoms with E-state index in [1.165, 1.54) is 0 Å². The van der Waals surface area contributed by atoms with Crippen LogP contribution >= 0.6 is 11.3 Å². The first-order valence-corrected chi connectivity index (χ1v) is 6.38. The van der Waals surface area contributed by atoms with E-state index in [2.05, 4.69) is 4.98 Å². The van der Waals surface area contributed by atoms with Gasteiger partial charge in [-0.05, 0) is 12.5 Å². The van der Waals surface area contributed by atoms with Gasteiger partial charge in [0.25, 0.3) is 0 Å². The molecule has 86 valence electrons. The molecule has 0 aliphatic heterocycles. The second-order valence-corrected chi connectivity index (χ2v) is 4.93. The number of carbonyl (C=O) groups is 1. The Balaban J connectivity index is 1.82. The van der Waals surface area contributed by atoms with Crippen LogP contribution in [0.5, 0.6) is 5.75 Å². The highest BCUT2D eigenvalue weighted by Crippen LogP contribution is 2.31. The van der Waals surface area contributed by atoms with Gasteiger partial charge in [0.1, 0.15) is 12.4 Å². The van der Waals surface area contributed by atoms with Crippen LogP contribution in [0.15, 0.2) is 29.9 Å². The van der Waals surface area contributed by atoms with Crippen molar-refractivity contribution in [2.24, 2.45) is 0 Å². The Labute approximate surface area is 103 Å². The number of Topliss-reactive ketones (excluding diaryl/α,β-unsaturated/α-hetero) is 1. The van der Waals surface area contributed by atoms with Gasteiger partial charge in [0, 0.05) is 23.7 Å². The van der Waals surface area contributed by atoms with Crippen molar-refractivity contribution in [1.29, 1.82) is 0 Å². The Kier molecular flexibility index (Phi) is 2.65. The third kappa shape index (κ3) is 1.96. The van der Waals surface area contributed by atoms with Gasteiger partial charge in [0.2, 0.25) is 0 Å². The summed E-state index contributed by atoms with van der Waals surface area (Å²) in [7, 11) is 0. The maximum Gasteiger partial charge on any atom is 0.163 e. The van der Waals surface area contributed by atoms with Gasteiger partial charge in [-0.15, -0.1) is 11.3 Å². The first-order chi connectivity index (χ1) is 8.34. The maximum atomic E-state index is 11.6. The molecule has 0 unspecified atom stereocenters. The fourth-order valence-corrected chi connectivity index (χ4v) is 2.56. The van der Waals surface area contributed by atoms with Crippen molar-refractivity contribution in [2.75, 3.05) is 0 Å². The van der Waals surface area contributed by atoms with Crippen molar-refractivity contribution < 1.29 is 9.53 Å². The molecule has 0 atom stereocenters. The average Bonchev–Trinajstić information content (AvgIpc) is 2.97. The van der Waals surface area contributed by atoms with Crippen LogP contribution in [-0.2, 0) is 13.0 Å². The molecule has 1 aromatic heterocycles. The molecule has 1 heterocycles. The highest BCUT2D eigenvalue weighted by molar-refractivity contribution is 7.09. The van der Waals surface area contributed by atoms with Crippen LogP contribution in [0.1, 0.15) is 27.2 Å². The van der Waals surface area contributed by atoms with Gasteiger partial charge >= 0.3 is 0 Å². The van der Waals surface area contributed by atoms with Crippen molar-refractivity contribution in [1.82, 2.24) is 4.98 Å². The largest absolute Gasteiger partial charge is 0.488 e. The van der Waals surface area contributed by atoms with Gasteiger partial charge in [-0.2, -0.15) is 0 Å². The molecular formula is C13H11NO2S. The van der Waals surface area contributed by atoms with E-state index in [0.29, 0.717) is 13.0 Å². The van der Waals surface area contributed by atoms with Crippen molar-refractivity contribution >= 4 is 17.1 Å². The van der Waals surface area contributed by atoms with Crippen molar-refractivity contribution in [2.45, 2.75) is 19.4 Å². The average molecular weight is 245 g/mol. The SMILES string of the molecule is O=C1CCc2c(OCc3cncs3)cccc21. The molecule has 3 rings (SSSR count). The van der Waals surface area contributed by atoms with Crippen LogP contribution in [0.4, 0.5) is 0 Å². The molecule has 3 nitrogen and oxygen atoms in total. The van der Waals surface area contributed by atoms with Gasteiger partial charge in [-0.3, -0.25) is 9.78 Å². The van der Waals surface area contributed by atoms with E-state index < -0.39 is 0 Å². The lowest BCUT2D eigenvalue weighted by Gasteiger charge is -2.08. The number of fused-ring (bicyclic) bond motifs is 1. The topological polar surface area (TPSA) is 39.2 Å². The van der Waals surface area contributed by atoms with E-state index in [-0.39, 0.29) is 5.78 Å². The number of carbonyl (C=O) groups excluding carboxylic acids is 1. The molecule has 1 aromatic carbocycles. The van der Waals surface area contributed by atoms with Gasteiger partial charge in [-0.25, -0.2) is 0 Å². The monoisotopic (exact) mass is 245 g/mol. The summed E-state index contributed by atoms with van der Waals surface area (Å²) in [5, 5.41) is 0. The molecule has 0 spiro atoms. The summed E-state index contributed by atoms with van der Waals surface area (Å²) in [5.41, 5.74) is 3.67. The van der Waals surface area contributed by atoms with E-state index in [1.54, 1.807) is 23.0 Å². The Morgan fingerprint density at radius 3 is 3.12 bits per heavy atom.